The maximum atomic E-state index is 13.6. The molecular formula is C15H14F2N2O2. The van der Waals surface area contributed by atoms with Crippen LogP contribution in [0, 0.1) is 11.6 Å². The Labute approximate surface area is 120 Å². The van der Waals surface area contributed by atoms with Gasteiger partial charge >= 0.3 is 0 Å². The van der Waals surface area contributed by atoms with Crippen molar-refractivity contribution in [1.29, 1.82) is 0 Å². The third kappa shape index (κ3) is 3.76. The second kappa shape index (κ2) is 6.32. The van der Waals surface area contributed by atoms with Crippen molar-refractivity contribution in [2.45, 2.75) is 13.0 Å². The van der Waals surface area contributed by atoms with Crippen molar-refractivity contribution < 1.29 is 18.7 Å². The molecule has 0 bridgehead atoms. The summed E-state index contributed by atoms with van der Waals surface area (Å²) < 4.78 is 26.5. The Kier molecular flexibility index (Phi) is 4.49. The van der Waals surface area contributed by atoms with Crippen LogP contribution < -0.4 is 10.6 Å². The summed E-state index contributed by atoms with van der Waals surface area (Å²) in [6.45, 7) is 1.34. The fourth-order valence-electron chi connectivity index (χ4n) is 1.67. The van der Waals surface area contributed by atoms with Gasteiger partial charge in [0.25, 0.3) is 5.91 Å². The summed E-state index contributed by atoms with van der Waals surface area (Å²) in [5.41, 5.74) is 0.888. The van der Waals surface area contributed by atoms with E-state index in [4.69, 9.17) is 0 Å². The second-order valence-electron chi connectivity index (χ2n) is 4.46. The molecule has 0 spiro atoms. The molecule has 0 radical (unpaired) electrons. The number of halogens is 2. The number of benzene rings is 2. The summed E-state index contributed by atoms with van der Waals surface area (Å²) >= 11 is 0. The standard InChI is InChI=1S/C15H14F2N2O2/c1-9(20)15(21)19-14-5-3-2-4-13(14)18-12-7-6-10(16)8-11(12)17/h2-9,18,20H,1H3,(H,19,21). The lowest BCUT2D eigenvalue weighted by Crippen LogP contribution is -2.24. The molecule has 1 amide bonds. The summed E-state index contributed by atoms with van der Waals surface area (Å²) in [6, 6.07) is 9.76. The van der Waals surface area contributed by atoms with Gasteiger partial charge in [-0.15, -0.1) is 0 Å². The Bertz CT molecular complexity index is 660. The van der Waals surface area contributed by atoms with Crippen LogP contribution in [0.1, 0.15) is 6.92 Å². The van der Waals surface area contributed by atoms with Crippen LogP contribution in [0.25, 0.3) is 0 Å². The molecule has 110 valence electrons. The van der Waals surface area contributed by atoms with Gasteiger partial charge in [-0.05, 0) is 31.2 Å². The molecule has 1 atom stereocenters. The molecule has 0 aliphatic rings. The fourth-order valence-corrected chi connectivity index (χ4v) is 1.67. The van der Waals surface area contributed by atoms with Crippen molar-refractivity contribution in [2.75, 3.05) is 10.6 Å². The Balaban J connectivity index is 2.26. The average Bonchev–Trinajstić information content (AvgIpc) is 2.43. The molecule has 4 nitrogen and oxygen atoms in total. The minimum absolute atomic E-state index is 0.0788. The highest BCUT2D eigenvalue weighted by Crippen LogP contribution is 2.27. The zero-order valence-electron chi connectivity index (χ0n) is 11.2. The average molecular weight is 292 g/mol. The molecule has 21 heavy (non-hydrogen) atoms. The van der Waals surface area contributed by atoms with E-state index in [9.17, 15) is 18.7 Å². The molecule has 0 aromatic heterocycles. The minimum atomic E-state index is -1.17. The SMILES string of the molecule is CC(O)C(=O)Nc1ccccc1Nc1ccc(F)cc1F. The Morgan fingerprint density at radius 2 is 1.76 bits per heavy atom. The van der Waals surface area contributed by atoms with Gasteiger partial charge in [0.15, 0.2) is 0 Å². The molecule has 0 heterocycles. The van der Waals surface area contributed by atoms with E-state index in [-0.39, 0.29) is 5.69 Å². The maximum absolute atomic E-state index is 13.6. The highest BCUT2D eigenvalue weighted by atomic mass is 19.1. The van der Waals surface area contributed by atoms with Crippen LogP contribution in [0.5, 0.6) is 0 Å². The van der Waals surface area contributed by atoms with Crippen LogP contribution >= 0.6 is 0 Å². The van der Waals surface area contributed by atoms with E-state index in [0.29, 0.717) is 11.4 Å². The van der Waals surface area contributed by atoms with Crippen molar-refractivity contribution in [2.24, 2.45) is 0 Å². The van der Waals surface area contributed by atoms with Gasteiger partial charge in [-0.1, -0.05) is 12.1 Å². The lowest BCUT2D eigenvalue weighted by Gasteiger charge is -2.14. The van der Waals surface area contributed by atoms with E-state index in [0.717, 1.165) is 12.1 Å². The van der Waals surface area contributed by atoms with Crippen molar-refractivity contribution in [1.82, 2.24) is 0 Å². The van der Waals surface area contributed by atoms with Gasteiger partial charge < -0.3 is 15.7 Å². The predicted octanol–water partition coefficient (Wildman–Crippen LogP) is 3.03. The number of hydrogen-bond donors (Lipinski definition) is 3. The molecule has 0 aliphatic carbocycles. The smallest absolute Gasteiger partial charge is 0.252 e. The molecule has 2 aromatic rings. The normalized spacial score (nSPS) is 11.8. The van der Waals surface area contributed by atoms with Crippen molar-refractivity contribution in [3.05, 3.63) is 54.1 Å². The van der Waals surface area contributed by atoms with E-state index in [2.05, 4.69) is 10.6 Å². The Hall–Kier alpha value is -2.47. The molecule has 0 saturated heterocycles. The maximum Gasteiger partial charge on any atom is 0.252 e. The van der Waals surface area contributed by atoms with E-state index in [1.807, 2.05) is 0 Å². The topological polar surface area (TPSA) is 61.4 Å². The minimum Gasteiger partial charge on any atom is -0.384 e. The van der Waals surface area contributed by atoms with Gasteiger partial charge in [0, 0.05) is 6.07 Å². The number of anilines is 3. The summed E-state index contributed by atoms with van der Waals surface area (Å²) in [5, 5.41) is 14.5. The highest BCUT2D eigenvalue weighted by Gasteiger charge is 2.12. The van der Waals surface area contributed by atoms with Crippen molar-refractivity contribution >= 4 is 23.0 Å². The fraction of sp³-hybridized carbons (Fsp3) is 0.133. The molecule has 3 N–H and O–H groups in total. The van der Waals surface area contributed by atoms with Crippen LogP contribution in [-0.4, -0.2) is 17.1 Å². The monoisotopic (exact) mass is 292 g/mol. The highest BCUT2D eigenvalue weighted by molar-refractivity contribution is 5.97. The summed E-state index contributed by atoms with van der Waals surface area (Å²) in [5.74, 6) is -2.00. The van der Waals surface area contributed by atoms with Crippen LogP contribution in [-0.2, 0) is 4.79 Å². The van der Waals surface area contributed by atoms with Gasteiger partial charge in [-0.3, -0.25) is 4.79 Å². The molecule has 1 unspecified atom stereocenters. The molecule has 0 fully saturated rings. The van der Waals surface area contributed by atoms with Gasteiger partial charge in [-0.25, -0.2) is 8.78 Å². The Morgan fingerprint density at radius 1 is 1.10 bits per heavy atom. The largest absolute Gasteiger partial charge is 0.384 e. The van der Waals surface area contributed by atoms with Gasteiger partial charge in [0.2, 0.25) is 0 Å². The third-order valence-electron chi connectivity index (χ3n) is 2.76. The number of aliphatic hydroxyl groups is 1. The third-order valence-corrected chi connectivity index (χ3v) is 2.76. The number of nitrogens with one attached hydrogen (secondary N) is 2. The first-order chi connectivity index (χ1) is 9.97. The summed E-state index contributed by atoms with van der Waals surface area (Å²) in [6.07, 6.45) is -1.17. The second-order valence-corrected chi connectivity index (χ2v) is 4.46. The number of amides is 1. The first-order valence-electron chi connectivity index (χ1n) is 6.27. The first kappa shape index (κ1) is 14.9. The molecule has 0 saturated carbocycles. The molecule has 2 rings (SSSR count). The molecule has 2 aromatic carbocycles. The van der Waals surface area contributed by atoms with E-state index >= 15 is 0 Å². The zero-order valence-corrected chi connectivity index (χ0v) is 11.2. The number of para-hydroxylation sites is 2. The van der Waals surface area contributed by atoms with Gasteiger partial charge in [0.1, 0.15) is 17.7 Å². The summed E-state index contributed by atoms with van der Waals surface area (Å²) in [7, 11) is 0. The molecule has 6 heteroatoms. The number of carbonyl (C=O) groups excluding carboxylic acids is 1. The lowest BCUT2D eigenvalue weighted by molar-refractivity contribution is -0.123. The lowest BCUT2D eigenvalue weighted by atomic mass is 10.2. The predicted molar refractivity (Wildman–Crippen MR) is 76.4 cm³/mol. The molecular weight excluding hydrogens is 278 g/mol. The van der Waals surface area contributed by atoms with Crippen LogP contribution in [0.3, 0.4) is 0 Å². The van der Waals surface area contributed by atoms with E-state index in [1.165, 1.54) is 13.0 Å². The van der Waals surface area contributed by atoms with Gasteiger partial charge in [-0.2, -0.15) is 0 Å². The number of rotatable bonds is 4. The van der Waals surface area contributed by atoms with Crippen molar-refractivity contribution in [3.8, 4) is 0 Å². The number of carbonyl (C=O) groups is 1. The van der Waals surface area contributed by atoms with Crippen LogP contribution in [0.2, 0.25) is 0 Å². The first-order valence-corrected chi connectivity index (χ1v) is 6.27. The van der Waals surface area contributed by atoms with E-state index in [1.54, 1.807) is 24.3 Å². The zero-order chi connectivity index (χ0) is 15.4. The quantitative estimate of drug-likeness (QED) is 0.811. The van der Waals surface area contributed by atoms with Crippen LogP contribution in [0.4, 0.5) is 25.8 Å². The van der Waals surface area contributed by atoms with Crippen molar-refractivity contribution in [3.63, 3.8) is 0 Å². The number of hydrogen-bond acceptors (Lipinski definition) is 3. The molecule has 0 aliphatic heterocycles. The van der Waals surface area contributed by atoms with Gasteiger partial charge in [0.05, 0.1) is 17.1 Å². The van der Waals surface area contributed by atoms with E-state index < -0.39 is 23.6 Å². The Morgan fingerprint density at radius 3 is 2.38 bits per heavy atom. The van der Waals surface area contributed by atoms with Crippen LogP contribution in [0.15, 0.2) is 42.5 Å². The summed E-state index contributed by atoms with van der Waals surface area (Å²) in [4.78, 5) is 11.5. The number of aliphatic hydroxyl groups excluding tert-OH is 1.